The molecule has 0 saturated carbocycles. The largest absolute Gasteiger partial charge is 0.478 e. The number of likely N-dealkylation sites (tertiary alicyclic amines) is 1. The number of aromatic carboxylic acids is 1. The fraction of sp³-hybridized carbons (Fsp3) is 0.296. The van der Waals surface area contributed by atoms with Gasteiger partial charge in [-0.3, -0.25) is 15.0 Å². The van der Waals surface area contributed by atoms with Crippen LogP contribution in [-0.2, 0) is 11.3 Å². The molecule has 37 heavy (non-hydrogen) atoms. The van der Waals surface area contributed by atoms with Crippen LogP contribution in [0.1, 0.15) is 52.0 Å². The first-order chi connectivity index (χ1) is 17.8. The van der Waals surface area contributed by atoms with Gasteiger partial charge in [-0.2, -0.15) is 0 Å². The Labute approximate surface area is 224 Å². The molecular weight excluding hydrogens is 519 g/mol. The van der Waals surface area contributed by atoms with Crippen LogP contribution in [-0.4, -0.2) is 45.3 Å². The van der Waals surface area contributed by atoms with Crippen LogP contribution >= 0.6 is 23.2 Å². The van der Waals surface area contributed by atoms with Gasteiger partial charge >= 0.3 is 5.97 Å². The number of nitro groups is 1. The number of aliphatic hydroxyl groups excluding tert-OH is 1. The van der Waals surface area contributed by atoms with Crippen LogP contribution in [0.3, 0.4) is 0 Å². The van der Waals surface area contributed by atoms with Crippen LogP contribution in [0.2, 0.25) is 10.0 Å². The van der Waals surface area contributed by atoms with Gasteiger partial charge in [0.1, 0.15) is 6.10 Å². The number of carboxylic acid groups (broad SMARTS) is 1. The summed E-state index contributed by atoms with van der Waals surface area (Å²) in [5, 5.41) is 32.1. The maximum atomic E-state index is 11.8. The number of carboxylic acids is 1. The average Bonchev–Trinajstić information content (AvgIpc) is 2.87. The molecule has 3 atom stereocenters. The van der Waals surface area contributed by atoms with Crippen LogP contribution in [0.5, 0.6) is 0 Å². The predicted molar refractivity (Wildman–Crippen MR) is 140 cm³/mol. The summed E-state index contributed by atoms with van der Waals surface area (Å²) >= 11 is 12.4. The number of benzene rings is 3. The van der Waals surface area contributed by atoms with Gasteiger partial charge in [0.05, 0.1) is 29.2 Å². The van der Waals surface area contributed by atoms with Gasteiger partial charge in [0.15, 0.2) is 0 Å². The van der Waals surface area contributed by atoms with E-state index in [1.165, 1.54) is 12.1 Å². The second-order valence-corrected chi connectivity index (χ2v) is 9.80. The average molecular weight is 545 g/mol. The van der Waals surface area contributed by atoms with Gasteiger partial charge in [-0.1, -0.05) is 59.6 Å². The highest BCUT2D eigenvalue weighted by atomic mass is 35.5. The summed E-state index contributed by atoms with van der Waals surface area (Å²) in [4.78, 5) is 24.7. The number of aliphatic hydroxyl groups is 1. The lowest BCUT2D eigenvalue weighted by Gasteiger charge is -2.42. The summed E-state index contributed by atoms with van der Waals surface area (Å²) < 4.78 is 6.48. The predicted octanol–water partition coefficient (Wildman–Crippen LogP) is 6.06. The van der Waals surface area contributed by atoms with Crippen molar-refractivity contribution in [3.8, 4) is 0 Å². The van der Waals surface area contributed by atoms with Crippen molar-refractivity contribution in [3.63, 3.8) is 0 Å². The number of ether oxygens (including phenoxy) is 1. The van der Waals surface area contributed by atoms with Crippen LogP contribution in [0.25, 0.3) is 0 Å². The van der Waals surface area contributed by atoms with Crippen LogP contribution in [0.4, 0.5) is 5.69 Å². The van der Waals surface area contributed by atoms with Gasteiger partial charge in [-0.05, 0) is 54.8 Å². The van der Waals surface area contributed by atoms with Crippen molar-refractivity contribution in [1.29, 1.82) is 0 Å². The molecule has 0 bridgehead atoms. The zero-order valence-corrected chi connectivity index (χ0v) is 21.3. The van der Waals surface area contributed by atoms with Gasteiger partial charge < -0.3 is 14.9 Å². The molecule has 4 rings (SSSR count). The van der Waals surface area contributed by atoms with Crippen molar-refractivity contribution in [2.24, 2.45) is 0 Å². The van der Waals surface area contributed by atoms with E-state index in [0.717, 1.165) is 18.1 Å². The van der Waals surface area contributed by atoms with E-state index < -0.39 is 17.0 Å². The molecule has 1 fully saturated rings. The summed E-state index contributed by atoms with van der Waals surface area (Å²) in [7, 11) is 0. The minimum Gasteiger partial charge on any atom is -0.478 e. The Balaban J connectivity index is 1.67. The van der Waals surface area contributed by atoms with Gasteiger partial charge in [-0.15, -0.1) is 0 Å². The summed E-state index contributed by atoms with van der Waals surface area (Å²) in [5.41, 5.74) is 1.66. The topological polar surface area (TPSA) is 113 Å². The highest BCUT2D eigenvalue weighted by Gasteiger charge is 2.36. The van der Waals surface area contributed by atoms with Crippen LogP contribution < -0.4 is 0 Å². The third-order valence-electron chi connectivity index (χ3n) is 6.48. The van der Waals surface area contributed by atoms with E-state index in [4.69, 9.17) is 27.9 Å². The fourth-order valence-corrected chi connectivity index (χ4v) is 5.38. The Morgan fingerprint density at radius 3 is 2.43 bits per heavy atom. The minimum atomic E-state index is -1.22. The highest BCUT2D eigenvalue weighted by Crippen LogP contribution is 2.38. The van der Waals surface area contributed by atoms with Crippen molar-refractivity contribution >= 4 is 34.9 Å². The van der Waals surface area contributed by atoms with Crippen molar-refractivity contribution in [3.05, 3.63) is 109 Å². The lowest BCUT2D eigenvalue weighted by molar-refractivity contribution is -0.385. The third kappa shape index (κ3) is 6.47. The summed E-state index contributed by atoms with van der Waals surface area (Å²) in [6.07, 6.45) is 0.463. The zero-order valence-electron chi connectivity index (χ0n) is 19.8. The van der Waals surface area contributed by atoms with Crippen LogP contribution in [0.15, 0.2) is 66.7 Å². The Kier molecular flexibility index (Phi) is 8.79. The van der Waals surface area contributed by atoms with Crippen LogP contribution in [0, 0.1) is 10.1 Å². The summed E-state index contributed by atoms with van der Waals surface area (Å²) in [6.45, 7) is 0.600. The van der Waals surface area contributed by atoms with E-state index in [-0.39, 0.29) is 36.5 Å². The number of hydrogen-bond acceptors (Lipinski definition) is 6. The zero-order chi connectivity index (χ0) is 26.5. The first kappa shape index (κ1) is 27.0. The van der Waals surface area contributed by atoms with Crippen molar-refractivity contribution in [1.82, 2.24) is 4.90 Å². The third-order valence-corrected chi connectivity index (χ3v) is 6.92. The van der Waals surface area contributed by atoms with Crippen molar-refractivity contribution in [2.75, 3.05) is 13.2 Å². The normalized spacial score (nSPS) is 18.9. The van der Waals surface area contributed by atoms with Gasteiger partial charge in [0.25, 0.3) is 5.69 Å². The molecule has 1 aliphatic rings. The molecule has 1 heterocycles. The number of piperidine rings is 1. The highest BCUT2D eigenvalue weighted by molar-refractivity contribution is 6.34. The molecule has 1 saturated heterocycles. The van der Waals surface area contributed by atoms with Crippen molar-refractivity contribution in [2.45, 2.75) is 37.6 Å². The molecule has 0 amide bonds. The molecule has 194 valence electrons. The molecular formula is C27H26Cl2N2O6. The summed E-state index contributed by atoms with van der Waals surface area (Å²) in [5.74, 6) is -1.22. The van der Waals surface area contributed by atoms with E-state index in [1.54, 1.807) is 18.2 Å². The number of rotatable bonds is 9. The molecule has 0 aliphatic carbocycles. The van der Waals surface area contributed by atoms with Gasteiger partial charge in [-0.25, -0.2) is 4.79 Å². The van der Waals surface area contributed by atoms with Gasteiger partial charge in [0, 0.05) is 28.2 Å². The molecule has 0 radical (unpaired) electrons. The Morgan fingerprint density at radius 2 is 1.81 bits per heavy atom. The number of halogens is 2. The lowest BCUT2D eigenvalue weighted by Crippen LogP contribution is -2.43. The second-order valence-electron chi connectivity index (χ2n) is 8.92. The molecule has 10 heteroatoms. The smallest absolute Gasteiger partial charge is 0.335 e. The molecule has 2 N–H and O–H groups in total. The monoisotopic (exact) mass is 544 g/mol. The maximum Gasteiger partial charge on any atom is 0.335 e. The molecule has 0 aromatic heterocycles. The quantitative estimate of drug-likeness (QED) is 0.248. The molecule has 3 aromatic rings. The molecule has 0 unspecified atom stereocenters. The van der Waals surface area contributed by atoms with Crippen molar-refractivity contribution < 1.29 is 24.7 Å². The lowest BCUT2D eigenvalue weighted by atomic mass is 9.91. The fourth-order valence-electron chi connectivity index (χ4n) is 4.84. The number of nitro benzene ring substituents is 1. The number of nitrogens with zero attached hydrogens (tertiary/aromatic N) is 2. The van der Waals surface area contributed by atoms with E-state index >= 15 is 0 Å². The SMILES string of the molecule is O=C(O)c1ccc(CN2CCC[C@H](O[C@H](CO)c3cc(Cl)cc(Cl)c3)[C@@H]2c2ccccc2)c([N+](=O)[O-])c1. The minimum absolute atomic E-state index is 0.138. The van der Waals surface area contributed by atoms with E-state index in [9.17, 15) is 25.1 Å². The Hall–Kier alpha value is -3.01. The molecule has 0 spiro atoms. The molecule has 8 nitrogen and oxygen atoms in total. The Bertz CT molecular complexity index is 1250. The van der Waals surface area contributed by atoms with E-state index in [2.05, 4.69) is 4.90 Å². The van der Waals surface area contributed by atoms with E-state index in [0.29, 0.717) is 34.1 Å². The first-order valence-electron chi connectivity index (χ1n) is 11.8. The van der Waals surface area contributed by atoms with Gasteiger partial charge in [0.2, 0.25) is 0 Å². The summed E-state index contributed by atoms with van der Waals surface area (Å²) in [6, 6.07) is 18.4. The Morgan fingerprint density at radius 1 is 1.11 bits per heavy atom. The first-order valence-corrected chi connectivity index (χ1v) is 12.5. The molecule has 1 aliphatic heterocycles. The second kappa shape index (κ2) is 12.0. The molecule has 3 aromatic carbocycles. The standard InChI is InChI=1S/C27H26Cl2N2O6/c28-21-11-20(12-22(29)14-21)25(16-32)37-24-7-4-10-30(26(24)17-5-2-1-3-6-17)15-19-9-8-18(27(33)34)13-23(19)31(35)36/h1-3,5-6,8-9,11-14,24-26,32H,4,7,10,15-16H2,(H,33,34)/t24-,25+,26-/m0/s1. The number of carbonyl (C=O) groups is 1. The number of hydrogen-bond donors (Lipinski definition) is 2. The maximum absolute atomic E-state index is 11.8. The van der Waals surface area contributed by atoms with E-state index in [1.807, 2.05) is 30.3 Å².